The van der Waals surface area contributed by atoms with Crippen molar-refractivity contribution in [1.29, 1.82) is 0 Å². The third-order valence-corrected chi connectivity index (χ3v) is 2.99. The first-order valence-corrected chi connectivity index (χ1v) is 6.93. The van der Waals surface area contributed by atoms with Crippen LogP contribution in [0, 0.1) is 5.41 Å². The summed E-state index contributed by atoms with van der Waals surface area (Å²) in [4.78, 5) is 13.0. The molecule has 0 aliphatic rings. The topological polar surface area (TPSA) is 41.6 Å². The highest BCUT2D eigenvalue weighted by Crippen LogP contribution is 2.14. The minimum absolute atomic E-state index is 0.00136. The average Bonchev–Trinajstić information content (AvgIpc) is 2.39. The molecule has 0 aromatic heterocycles. The molecule has 1 rings (SSSR count). The Bertz CT molecular complexity index is 402. The number of rotatable bonds is 8. The Labute approximate surface area is 122 Å². The molecule has 0 aliphatic heterocycles. The van der Waals surface area contributed by atoms with Crippen molar-refractivity contribution in [2.45, 2.75) is 20.4 Å². The number of likely N-dealkylation sites (N-methyl/N-ethyl adjacent to an activating group) is 1. The Hall–Kier alpha value is -1.39. The van der Waals surface area contributed by atoms with E-state index in [2.05, 4.69) is 31.3 Å². The van der Waals surface area contributed by atoms with Crippen LogP contribution in [0.1, 0.15) is 19.4 Å². The van der Waals surface area contributed by atoms with Crippen LogP contribution in [-0.4, -0.2) is 44.7 Å². The molecule has 0 radical (unpaired) electrons. The maximum atomic E-state index is 11.4. The van der Waals surface area contributed by atoms with Gasteiger partial charge >= 0.3 is 0 Å². The van der Waals surface area contributed by atoms with Crippen LogP contribution in [0.3, 0.4) is 0 Å². The zero-order chi connectivity index (χ0) is 15.0. The fourth-order valence-corrected chi connectivity index (χ4v) is 1.74. The number of hydrogen-bond donors (Lipinski definition) is 1. The normalized spacial score (nSPS) is 11.4. The van der Waals surface area contributed by atoms with Gasteiger partial charge in [-0.3, -0.25) is 4.79 Å². The average molecular weight is 278 g/mol. The minimum Gasteiger partial charge on any atom is -0.371 e. The van der Waals surface area contributed by atoms with Gasteiger partial charge in [-0.05, 0) is 5.56 Å². The van der Waals surface area contributed by atoms with E-state index < -0.39 is 0 Å². The van der Waals surface area contributed by atoms with E-state index >= 15 is 0 Å². The van der Waals surface area contributed by atoms with Crippen molar-refractivity contribution in [3.8, 4) is 0 Å². The number of hydrogen-bond acceptors (Lipinski definition) is 3. The van der Waals surface area contributed by atoms with E-state index in [0.29, 0.717) is 6.61 Å². The summed E-state index contributed by atoms with van der Waals surface area (Å²) in [6.07, 6.45) is 0. The lowest BCUT2D eigenvalue weighted by atomic mass is 9.95. The zero-order valence-electron chi connectivity index (χ0n) is 13.0. The molecule has 0 saturated heterocycles. The quantitative estimate of drug-likeness (QED) is 0.790. The molecule has 0 unspecified atom stereocenters. The van der Waals surface area contributed by atoms with Gasteiger partial charge in [-0.1, -0.05) is 44.2 Å². The fourth-order valence-electron chi connectivity index (χ4n) is 1.74. The summed E-state index contributed by atoms with van der Waals surface area (Å²) in [5.74, 6) is -0.00181. The molecular formula is C16H26N2O2. The second-order valence-electron chi connectivity index (χ2n) is 6.03. The van der Waals surface area contributed by atoms with Crippen molar-refractivity contribution >= 4 is 5.91 Å². The summed E-state index contributed by atoms with van der Waals surface area (Å²) in [5.41, 5.74) is 1.27. The van der Waals surface area contributed by atoms with Gasteiger partial charge in [0.05, 0.1) is 6.61 Å². The van der Waals surface area contributed by atoms with Crippen LogP contribution in [-0.2, 0) is 16.1 Å². The SMILES string of the molecule is CN(C)C(=O)COCC(C)(C)CNCc1ccccc1. The number of ether oxygens (including phenoxy) is 1. The van der Waals surface area contributed by atoms with Gasteiger partial charge in [0.25, 0.3) is 0 Å². The molecule has 0 atom stereocenters. The Balaban J connectivity index is 2.22. The van der Waals surface area contributed by atoms with Crippen molar-refractivity contribution in [3.05, 3.63) is 35.9 Å². The molecule has 1 aromatic rings. The highest BCUT2D eigenvalue weighted by molar-refractivity contribution is 5.76. The molecule has 0 spiro atoms. The molecule has 4 heteroatoms. The van der Waals surface area contributed by atoms with E-state index in [4.69, 9.17) is 4.74 Å². The maximum absolute atomic E-state index is 11.4. The number of carbonyl (C=O) groups excluding carboxylic acids is 1. The van der Waals surface area contributed by atoms with Gasteiger partial charge in [-0.25, -0.2) is 0 Å². The van der Waals surface area contributed by atoms with Crippen molar-refractivity contribution in [3.63, 3.8) is 0 Å². The highest BCUT2D eigenvalue weighted by atomic mass is 16.5. The second-order valence-corrected chi connectivity index (χ2v) is 6.03. The van der Waals surface area contributed by atoms with Crippen molar-refractivity contribution < 1.29 is 9.53 Å². The first-order chi connectivity index (χ1) is 9.41. The largest absolute Gasteiger partial charge is 0.371 e. The van der Waals surface area contributed by atoms with Gasteiger partial charge in [-0.2, -0.15) is 0 Å². The highest BCUT2D eigenvalue weighted by Gasteiger charge is 2.18. The summed E-state index contributed by atoms with van der Waals surface area (Å²) in [6, 6.07) is 10.3. The Morgan fingerprint density at radius 1 is 1.25 bits per heavy atom. The number of amides is 1. The predicted octanol–water partition coefficient (Wildman–Crippen LogP) is 1.91. The van der Waals surface area contributed by atoms with Gasteiger partial charge in [0, 0.05) is 32.6 Å². The molecule has 1 aromatic carbocycles. The summed E-state index contributed by atoms with van der Waals surface area (Å²) >= 11 is 0. The van der Waals surface area contributed by atoms with Crippen LogP contribution in [0.15, 0.2) is 30.3 Å². The maximum Gasteiger partial charge on any atom is 0.248 e. The van der Waals surface area contributed by atoms with E-state index in [9.17, 15) is 4.79 Å². The van der Waals surface area contributed by atoms with E-state index in [1.807, 2.05) is 18.2 Å². The molecule has 0 fully saturated rings. The first kappa shape index (κ1) is 16.7. The summed E-state index contributed by atoms with van der Waals surface area (Å²) < 4.78 is 5.49. The van der Waals surface area contributed by atoms with E-state index in [0.717, 1.165) is 13.1 Å². The summed E-state index contributed by atoms with van der Waals surface area (Å²) in [7, 11) is 3.47. The summed E-state index contributed by atoms with van der Waals surface area (Å²) in [6.45, 7) is 6.67. The van der Waals surface area contributed by atoms with Gasteiger partial charge in [-0.15, -0.1) is 0 Å². The van der Waals surface area contributed by atoms with Crippen molar-refractivity contribution in [2.24, 2.45) is 5.41 Å². The van der Waals surface area contributed by atoms with Crippen LogP contribution in [0.2, 0.25) is 0 Å². The predicted molar refractivity (Wildman–Crippen MR) is 81.4 cm³/mol. The van der Waals surface area contributed by atoms with Crippen molar-refractivity contribution in [1.82, 2.24) is 10.2 Å². The molecule has 0 heterocycles. The lowest BCUT2D eigenvalue weighted by Gasteiger charge is -2.25. The third kappa shape index (κ3) is 6.68. The van der Waals surface area contributed by atoms with E-state index in [1.165, 1.54) is 5.56 Å². The van der Waals surface area contributed by atoms with E-state index in [-0.39, 0.29) is 17.9 Å². The molecule has 4 nitrogen and oxygen atoms in total. The van der Waals surface area contributed by atoms with Crippen LogP contribution in [0.5, 0.6) is 0 Å². The fraction of sp³-hybridized carbons (Fsp3) is 0.562. The number of nitrogens with one attached hydrogen (secondary N) is 1. The Kier molecular flexibility index (Phi) is 6.68. The molecule has 112 valence electrons. The van der Waals surface area contributed by atoms with Crippen LogP contribution in [0.25, 0.3) is 0 Å². The molecule has 1 N–H and O–H groups in total. The van der Waals surface area contributed by atoms with Crippen LogP contribution in [0.4, 0.5) is 0 Å². The number of nitrogens with zero attached hydrogens (tertiary/aromatic N) is 1. The molecule has 0 saturated carbocycles. The third-order valence-electron chi connectivity index (χ3n) is 2.99. The standard InChI is InChI=1S/C16H26N2O2/c1-16(2,13-20-11-15(19)18(3)4)12-17-10-14-8-6-5-7-9-14/h5-9,17H,10-13H2,1-4H3. The Morgan fingerprint density at radius 2 is 1.90 bits per heavy atom. The van der Waals surface area contributed by atoms with Crippen LogP contribution >= 0.6 is 0 Å². The molecule has 0 aliphatic carbocycles. The molecule has 20 heavy (non-hydrogen) atoms. The monoisotopic (exact) mass is 278 g/mol. The molecular weight excluding hydrogens is 252 g/mol. The lowest BCUT2D eigenvalue weighted by Crippen LogP contribution is -2.35. The number of carbonyl (C=O) groups is 1. The van der Waals surface area contributed by atoms with Gasteiger partial charge < -0.3 is 15.0 Å². The number of benzene rings is 1. The summed E-state index contributed by atoms with van der Waals surface area (Å²) in [5, 5.41) is 3.43. The zero-order valence-corrected chi connectivity index (χ0v) is 13.0. The second kappa shape index (κ2) is 8.02. The van der Waals surface area contributed by atoms with Crippen molar-refractivity contribution in [2.75, 3.05) is 33.9 Å². The van der Waals surface area contributed by atoms with Crippen LogP contribution < -0.4 is 5.32 Å². The first-order valence-electron chi connectivity index (χ1n) is 6.93. The molecule has 0 bridgehead atoms. The molecule has 1 amide bonds. The van der Waals surface area contributed by atoms with Gasteiger partial charge in [0.1, 0.15) is 6.61 Å². The minimum atomic E-state index is -0.00181. The lowest BCUT2D eigenvalue weighted by molar-refractivity contribution is -0.134. The van der Waals surface area contributed by atoms with Gasteiger partial charge in [0.15, 0.2) is 0 Å². The van der Waals surface area contributed by atoms with E-state index in [1.54, 1.807) is 19.0 Å². The van der Waals surface area contributed by atoms with Gasteiger partial charge in [0.2, 0.25) is 5.91 Å². The smallest absolute Gasteiger partial charge is 0.248 e. The Morgan fingerprint density at radius 3 is 2.50 bits per heavy atom.